The Hall–Kier alpha value is -1.02. The van der Waals surface area contributed by atoms with E-state index in [0.717, 1.165) is 6.92 Å². The minimum absolute atomic E-state index is 0.592. The van der Waals surface area contributed by atoms with Gasteiger partial charge in [-0.1, -0.05) is 0 Å². The SMILES string of the molecule is CC(=O)N[C@@H](C(=O)CO)[C@H](O)[C@H](O)CO. The average Bonchev–Trinajstić information content (AvgIpc) is 2.22. The van der Waals surface area contributed by atoms with Crippen LogP contribution in [0.2, 0.25) is 0 Å². The molecule has 0 heterocycles. The zero-order valence-corrected chi connectivity index (χ0v) is 8.25. The average molecular weight is 221 g/mol. The van der Waals surface area contributed by atoms with Crippen molar-refractivity contribution in [3.63, 3.8) is 0 Å². The molecule has 0 fully saturated rings. The molecule has 0 saturated heterocycles. The summed E-state index contributed by atoms with van der Waals surface area (Å²) in [6, 6.07) is -1.42. The summed E-state index contributed by atoms with van der Waals surface area (Å²) < 4.78 is 0. The van der Waals surface area contributed by atoms with Crippen molar-refractivity contribution in [3.8, 4) is 0 Å². The first-order valence-electron chi connectivity index (χ1n) is 4.31. The predicted octanol–water partition coefficient (Wildman–Crippen LogP) is -3.23. The number of carbonyl (C=O) groups is 2. The van der Waals surface area contributed by atoms with Crippen molar-refractivity contribution in [2.24, 2.45) is 0 Å². The highest BCUT2D eigenvalue weighted by atomic mass is 16.4. The van der Waals surface area contributed by atoms with E-state index in [0.29, 0.717) is 0 Å². The quantitative estimate of drug-likeness (QED) is 0.321. The smallest absolute Gasteiger partial charge is 0.217 e. The van der Waals surface area contributed by atoms with E-state index in [1.54, 1.807) is 0 Å². The van der Waals surface area contributed by atoms with E-state index in [4.69, 9.17) is 15.3 Å². The van der Waals surface area contributed by atoms with Gasteiger partial charge >= 0.3 is 0 Å². The van der Waals surface area contributed by atoms with Crippen LogP contribution in [0.25, 0.3) is 0 Å². The van der Waals surface area contributed by atoms with E-state index in [1.807, 2.05) is 0 Å². The van der Waals surface area contributed by atoms with Gasteiger partial charge in [0.05, 0.1) is 6.61 Å². The van der Waals surface area contributed by atoms with Crippen LogP contribution in [-0.2, 0) is 9.59 Å². The van der Waals surface area contributed by atoms with Crippen molar-refractivity contribution >= 4 is 11.7 Å². The summed E-state index contributed by atoms with van der Waals surface area (Å²) in [6.07, 6.45) is -3.21. The van der Waals surface area contributed by atoms with Crippen LogP contribution >= 0.6 is 0 Å². The van der Waals surface area contributed by atoms with Gasteiger partial charge in [0.25, 0.3) is 0 Å². The Balaban J connectivity index is 4.61. The molecule has 0 aliphatic carbocycles. The topological polar surface area (TPSA) is 127 Å². The summed E-state index contributed by atoms with van der Waals surface area (Å²) in [5.74, 6) is -1.43. The van der Waals surface area contributed by atoms with Crippen molar-refractivity contribution in [1.29, 1.82) is 0 Å². The van der Waals surface area contributed by atoms with Crippen LogP contribution in [0.1, 0.15) is 6.92 Å². The number of hydrogen-bond acceptors (Lipinski definition) is 6. The molecule has 7 nitrogen and oxygen atoms in total. The highest BCUT2D eigenvalue weighted by Crippen LogP contribution is 2.01. The first-order valence-corrected chi connectivity index (χ1v) is 4.31. The number of carbonyl (C=O) groups excluding carboxylic acids is 2. The molecular weight excluding hydrogens is 206 g/mol. The molecule has 0 aromatic heterocycles. The van der Waals surface area contributed by atoms with Crippen LogP contribution in [0.4, 0.5) is 0 Å². The summed E-state index contributed by atoms with van der Waals surface area (Å²) in [5.41, 5.74) is 0. The van der Waals surface area contributed by atoms with Crippen molar-refractivity contribution in [2.45, 2.75) is 25.2 Å². The van der Waals surface area contributed by atoms with Crippen molar-refractivity contribution in [2.75, 3.05) is 13.2 Å². The zero-order valence-electron chi connectivity index (χ0n) is 8.25. The summed E-state index contributed by atoms with van der Waals surface area (Å²) in [7, 11) is 0. The second-order valence-corrected chi connectivity index (χ2v) is 3.04. The third kappa shape index (κ3) is 4.34. The number of aliphatic hydroxyl groups is 4. The molecule has 0 bridgehead atoms. The molecule has 0 unspecified atom stereocenters. The van der Waals surface area contributed by atoms with Gasteiger partial charge in [-0.05, 0) is 0 Å². The fraction of sp³-hybridized carbons (Fsp3) is 0.750. The van der Waals surface area contributed by atoms with Crippen molar-refractivity contribution in [3.05, 3.63) is 0 Å². The number of ketones is 1. The van der Waals surface area contributed by atoms with E-state index >= 15 is 0 Å². The van der Waals surface area contributed by atoms with E-state index in [-0.39, 0.29) is 0 Å². The second-order valence-electron chi connectivity index (χ2n) is 3.04. The highest BCUT2D eigenvalue weighted by Gasteiger charge is 2.31. The molecule has 0 aliphatic heterocycles. The van der Waals surface area contributed by atoms with Gasteiger partial charge in [-0.3, -0.25) is 9.59 Å². The molecule has 3 atom stereocenters. The molecule has 7 heteroatoms. The van der Waals surface area contributed by atoms with Crippen LogP contribution in [0.15, 0.2) is 0 Å². The number of rotatable bonds is 6. The Labute approximate surface area is 86.3 Å². The third-order valence-electron chi connectivity index (χ3n) is 1.78. The lowest BCUT2D eigenvalue weighted by atomic mass is 10.0. The molecule has 0 aliphatic rings. The minimum Gasteiger partial charge on any atom is -0.394 e. The van der Waals surface area contributed by atoms with Gasteiger partial charge in [-0.25, -0.2) is 0 Å². The molecule has 0 spiro atoms. The van der Waals surface area contributed by atoms with Gasteiger partial charge in [-0.2, -0.15) is 0 Å². The molecule has 0 aromatic carbocycles. The standard InChI is InChI=1S/C8H15NO6/c1-4(12)9-7(5(13)2-10)8(15)6(14)3-11/h6-8,10-11,14-15H,2-3H2,1H3,(H,9,12)/t6-,7+,8-/m1/s1. The van der Waals surface area contributed by atoms with Gasteiger partial charge < -0.3 is 25.7 Å². The fourth-order valence-corrected chi connectivity index (χ4v) is 1.00. The van der Waals surface area contributed by atoms with Gasteiger partial charge in [0, 0.05) is 6.92 Å². The summed E-state index contributed by atoms with van der Waals surface area (Å²) in [5, 5.41) is 37.6. The summed E-state index contributed by atoms with van der Waals surface area (Å²) >= 11 is 0. The molecule has 0 aromatic rings. The van der Waals surface area contributed by atoms with Gasteiger partial charge in [0.2, 0.25) is 5.91 Å². The molecule has 1 amide bonds. The van der Waals surface area contributed by atoms with Gasteiger partial charge in [-0.15, -0.1) is 0 Å². The molecule has 15 heavy (non-hydrogen) atoms. The van der Waals surface area contributed by atoms with E-state index in [9.17, 15) is 14.7 Å². The third-order valence-corrected chi connectivity index (χ3v) is 1.78. The van der Waals surface area contributed by atoms with Crippen LogP contribution in [0, 0.1) is 0 Å². The zero-order chi connectivity index (χ0) is 12.0. The Morgan fingerprint density at radius 2 is 1.80 bits per heavy atom. The molecular formula is C8H15NO6. The maximum atomic E-state index is 11.1. The van der Waals surface area contributed by atoms with Crippen LogP contribution in [0.3, 0.4) is 0 Å². The number of aliphatic hydroxyl groups excluding tert-OH is 4. The largest absolute Gasteiger partial charge is 0.394 e. The molecule has 0 saturated carbocycles. The Morgan fingerprint density at radius 3 is 2.13 bits per heavy atom. The molecule has 88 valence electrons. The fourth-order valence-electron chi connectivity index (χ4n) is 1.00. The molecule has 0 radical (unpaired) electrons. The number of nitrogens with one attached hydrogen (secondary N) is 1. The highest BCUT2D eigenvalue weighted by molar-refractivity contribution is 5.89. The van der Waals surface area contributed by atoms with Gasteiger partial charge in [0.1, 0.15) is 24.9 Å². The number of amides is 1. The van der Waals surface area contributed by atoms with Crippen LogP contribution < -0.4 is 5.32 Å². The van der Waals surface area contributed by atoms with Crippen molar-refractivity contribution in [1.82, 2.24) is 5.32 Å². The van der Waals surface area contributed by atoms with E-state index < -0.39 is 43.2 Å². The van der Waals surface area contributed by atoms with Crippen LogP contribution in [0.5, 0.6) is 0 Å². The monoisotopic (exact) mass is 221 g/mol. The maximum absolute atomic E-state index is 11.1. The Kier molecular flexibility index (Phi) is 6.02. The molecule has 0 rings (SSSR count). The number of hydrogen-bond donors (Lipinski definition) is 5. The van der Waals surface area contributed by atoms with Crippen LogP contribution in [-0.4, -0.2) is 63.6 Å². The predicted molar refractivity (Wildman–Crippen MR) is 48.8 cm³/mol. The normalized spacial score (nSPS) is 16.6. The summed E-state index contributed by atoms with van der Waals surface area (Å²) in [4.78, 5) is 21.8. The molecule has 5 N–H and O–H groups in total. The lowest BCUT2D eigenvalue weighted by Crippen LogP contribution is -2.54. The Bertz CT molecular complexity index is 231. The Morgan fingerprint density at radius 1 is 1.27 bits per heavy atom. The maximum Gasteiger partial charge on any atom is 0.217 e. The summed E-state index contributed by atoms with van der Waals surface area (Å²) in [6.45, 7) is -0.508. The lowest BCUT2D eigenvalue weighted by molar-refractivity contribution is -0.134. The second kappa shape index (κ2) is 6.46. The van der Waals surface area contributed by atoms with Crippen molar-refractivity contribution < 1.29 is 30.0 Å². The van der Waals surface area contributed by atoms with Gasteiger partial charge in [0.15, 0.2) is 5.78 Å². The minimum atomic E-state index is -1.65. The van der Waals surface area contributed by atoms with E-state index in [1.165, 1.54) is 0 Å². The first kappa shape index (κ1) is 14.0. The first-order chi connectivity index (χ1) is 6.93. The lowest BCUT2D eigenvalue weighted by Gasteiger charge is -2.24. The number of Topliss-reactive ketones (excluding diaryl/α,β-unsaturated/α-hetero) is 1. The van der Waals surface area contributed by atoms with E-state index in [2.05, 4.69) is 5.32 Å².